The van der Waals surface area contributed by atoms with E-state index in [2.05, 4.69) is 27.7 Å². The van der Waals surface area contributed by atoms with Crippen molar-refractivity contribution in [3.05, 3.63) is 0 Å². The van der Waals surface area contributed by atoms with E-state index in [0.717, 1.165) is 38.7 Å². The quantitative estimate of drug-likeness (QED) is 0.480. The summed E-state index contributed by atoms with van der Waals surface area (Å²) in [5.41, 5.74) is -0.395. The van der Waals surface area contributed by atoms with Gasteiger partial charge in [-0.05, 0) is 61.2 Å². The minimum atomic E-state index is -0.687. The van der Waals surface area contributed by atoms with Gasteiger partial charge in [-0.1, -0.05) is 27.7 Å². The summed E-state index contributed by atoms with van der Waals surface area (Å²) in [6.45, 7) is 10.0. The van der Waals surface area contributed by atoms with E-state index in [1.807, 2.05) is 0 Å². The lowest BCUT2D eigenvalue weighted by atomic mass is 9.43. The van der Waals surface area contributed by atoms with Gasteiger partial charge >= 0.3 is 0 Å². The first-order chi connectivity index (χ1) is 15.6. The number of fused-ring (bicyclic) bond motifs is 6. The highest BCUT2D eigenvalue weighted by Crippen LogP contribution is 2.75. The first-order valence-corrected chi connectivity index (χ1v) is 13.6. The summed E-state index contributed by atoms with van der Waals surface area (Å²) in [4.78, 5) is 0. The van der Waals surface area contributed by atoms with Crippen molar-refractivity contribution in [1.82, 2.24) is 0 Å². The van der Waals surface area contributed by atoms with Crippen LogP contribution in [0.4, 0.5) is 0 Å². The van der Waals surface area contributed by atoms with Crippen molar-refractivity contribution in [2.45, 2.75) is 115 Å². The molecule has 7 fully saturated rings. The summed E-state index contributed by atoms with van der Waals surface area (Å²) < 4.78 is 19.6. The fourth-order valence-electron chi connectivity index (χ4n) is 10.7. The molecule has 15 atom stereocenters. The third-order valence-corrected chi connectivity index (χ3v) is 12.4. The first kappa shape index (κ1) is 22.0. The highest BCUT2D eigenvalue weighted by Gasteiger charge is 2.79. The molecule has 7 aliphatic rings. The van der Waals surface area contributed by atoms with Gasteiger partial charge in [-0.3, -0.25) is 0 Å². The summed E-state index contributed by atoms with van der Waals surface area (Å²) in [5, 5.41) is 32.9. The summed E-state index contributed by atoms with van der Waals surface area (Å²) in [5.74, 6) is 1.60. The molecule has 33 heavy (non-hydrogen) atoms. The Morgan fingerprint density at radius 3 is 2.36 bits per heavy atom. The van der Waals surface area contributed by atoms with E-state index in [4.69, 9.17) is 14.2 Å². The van der Waals surface area contributed by atoms with Crippen LogP contribution in [-0.4, -0.2) is 63.8 Å². The highest BCUT2D eigenvalue weighted by atomic mass is 16.7. The standard InChI is InChI=1S/C27H42O6/c1-13-5-8-27(31-12-13)14(2)20-23(33-27)22(30)21-15-9-19-26(32-19)11-18(29)17(28)10-25(26,4)16(15)6-7-24(20,21)3/h13-23,28-30H,5-12H2,1-4H3/t13-,14-,15-,16+,17-,18-,19+,20+,21-,22+,23+,24-,25-,26+,27-/m0/s1. The van der Waals surface area contributed by atoms with Crippen LogP contribution >= 0.6 is 0 Å². The van der Waals surface area contributed by atoms with E-state index in [1.54, 1.807) is 0 Å². The molecule has 2 spiro atoms. The number of aliphatic hydroxyl groups excluding tert-OH is 3. The van der Waals surface area contributed by atoms with E-state index in [0.29, 0.717) is 36.5 Å². The van der Waals surface area contributed by atoms with Gasteiger partial charge in [0, 0.05) is 30.1 Å². The van der Waals surface area contributed by atoms with Gasteiger partial charge in [0.15, 0.2) is 5.79 Å². The molecule has 0 radical (unpaired) electrons. The van der Waals surface area contributed by atoms with Crippen LogP contribution in [0.5, 0.6) is 0 Å². The Kier molecular flexibility index (Phi) is 4.36. The predicted molar refractivity (Wildman–Crippen MR) is 120 cm³/mol. The monoisotopic (exact) mass is 462 g/mol. The van der Waals surface area contributed by atoms with Crippen molar-refractivity contribution >= 4 is 0 Å². The van der Waals surface area contributed by atoms with Crippen LogP contribution in [0.2, 0.25) is 0 Å². The molecule has 0 bridgehead atoms. The number of epoxide rings is 1. The van der Waals surface area contributed by atoms with Crippen LogP contribution in [0.25, 0.3) is 0 Å². The van der Waals surface area contributed by atoms with E-state index in [1.165, 1.54) is 0 Å². The Hall–Kier alpha value is -0.240. The molecule has 0 aromatic heterocycles. The van der Waals surface area contributed by atoms with Crippen LogP contribution in [0.15, 0.2) is 0 Å². The van der Waals surface area contributed by atoms with Gasteiger partial charge in [0.1, 0.15) is 5.60 Å². The zero-order valence-corrected chi connectivity index (χ0v) is 20.6. The van der Waals surface area contributed by atoms with Crippen molar-refractivity contribution in [1.29, 1.82) is 0 Å². The Bertz CT molecular complexity index is 840. The molecule has 4 aliphatic carbocycles. The first-order valence-electron chi connectivity index (χ1n) is 13.6. The van der Waals surface area contributed by atoms with Gasteiger partial charge in [-0.2, -0.15) is 0 Å². The molecule has 3 N–H and O–H groups in total. The maximum absolute atomic E-state index is 11.8. The van der Waals surface area contributed by atoms with Crippen molar-refractivity contribution in [3.63, 3.8) is 0 Å². The normalized spacial score (nSPS) is 67.9. The molecule has 0 aromatic rings. The van der Waals surface area contributed by atoms with Crippen molar-refractivity contribution in [2.75, 3.05) is 6.61 Å². The summed E-state index contributed by atoms with van der Waals surface area (Å²) in [6.07, 6.45) is 4.49. The third kappa shape index (κ3) is 2.47. The van der Waals surface area contributed by atoms with Gasteiger partial charge in [0.2, 0.25) is 0 Å². The summed E-state index contributed by atoms with van der Waals surface area (Å²) >= 11 is 0. The lowest BCUT2D eigenvalue weighted by Gasteiger charge is -2.60. The number of hydrogen-bond acceptors (Lipinski definition) is 6. The number of rotatable bonds is 0. The Morgan fingerprint density at radius 2 is 1.64 bits per heavy atom. The predicted octanol–water partition coefficient (Wildman–Crippen LogP) is 2.87. The van der Waals surface area contributed by atoms with Gasteiger partial charge in [-0.15, -0.1) is 0 Å². The zero-order chi connectivity index (χ0) is 23.1. The fraction of sp³-hybridized carbons (Fsp3) is 1.00. The van der Waals surface area contributed by atoms with E-state index < -0.39 is 24.1 Å². The maximum atomic E-state index is 11.8. The summed E-state index contributed by atoms with van der Waals surface area (Å²) in [7, 11) is 0. The van der Waals surface area contributed by atoms with Gasteiger partial charge in [0.05, 0.1) is 37.1 Å². The average Bonchev–Trinajstić information content (AvgIpc) is 3.31. The van der Waals surface area contributed by atoms with E-state index in [-0.39, 0.29) is 40.5 Å². The Labute approximate surface area is 197 Å². The molecule has 0 unspecified atom stereocenters. The average molecular weight is 463 g/mol. The second kappa shape index (κ2) is 6.54. The van der Waals surface area contributed by atoms with E-state index >= 15 is 0 Å². The molecular formula is C27H42O6. The topological polar surface area (TPSA) is 91.7 Å². The molecule has 0 aromatic carbocycles. The summed E-state index contributed by atoms with van der Waals surface area (Å²) in [6, 6.07) is 0. The van der Waals surface area contributed by atoms with Crippen molar-refractivity contribution in [2.24, 2.45) is 46.3 Å². The van der Waals surface area contributed by atoms with Crippen LogP contribution in [0.3, 0.4) is 0 Å². The molecule has 3 saturated heterocycles. The molecule has 6 heteroatoms. The number of ether oxygens (including phenoxy) is 3. The van der Waals surface area contributed by atoms with Crippen LogP contribution < -0.4 is 0 Å². The minimum absolute atomic E-state index is 0.0264. The largest absolute Gasteiger partial charge is 0.390 e. The molecule has 6 nitrogen and oxygen atoms in total. The fourth-order valence-corrected chi connectivity index (χ4v) is 10.7. The smallest absolute Gasteiger partial charge is 0.171 e. The van der Waals surface area contributed by atoms with Crippen LogP contribution in [-0.2, 0) is 14.2 Å². The second-order valence-corrected chi connectivity index (χ2v) is 13.7. The Balaban J connectivity index is 1.22. The number of aliphatic hydroxyl groups is 3. The molecule has 3 heterocycles. The van der Waals surface area contributed by atoms with Crippen molar-refractivity contribution < 1.29 is 29.5 Å². The molecule has 3 aliphatic heterocycles. The molecule has 7 rings (SSSR count). The van der Waals surface area contributed by atoms with Crippen LogP contribution in [0, 0.1) is 46.3 Å². The molecule has 0 amide bonds. The van der Waals surface area contributed by atoms with Gasteiger partial charge in [0.25, 0.3) is 0 Å². The number of hydrogen-bond donors (Lipinski definition) is 3. The second-order valence-electron chi connectivity index (χ2n) is 13.7. The minimum Gasteiger partial charge on any atom is -0.390 e. The third-order valence-electron chi connectivity index (χ3n) is 12.4. The Morgan fingerprint density at radius 1 is 0.879 bits per heavy atom. The molecular weight excluding hydrogens is 420 g/mol. The van der Waals surface area contributed by atoms with Gasteiger partial charge < -0.3 is 29.5 Å². The lowest BCUT2D eigenvalue weighted by Crippen LogP contribution is -2.62. The van der Waals surface area contributed by atoms with Crippen molar-refractivity contribution in [3.8, 4) is 0 Å². The highest BCUT2D eigenvalue weighted by molar-refractivity contribution is 5.27. The zero-order valence-electron chi connectivity index (χ0n) is 20.6. The SMILES string of the molecule is C[C@H]1CC[C@]2(OC1)O[C@H]1[C@H](O)[C@@H]3[C@H]4C[C@H]5O[C@]56C[C@H](O)[C@@H](O)C[C@@]6(C)[C@@H]4CC[C@@]3(C)[C@@H]1[C@@H]2C. The van der Waals surface area contributed by atoms with Crippen LogP contribution in [0.1, 0.15) is 72.6 Å². The van der Waals surface area contributed by atoms with Gasteiger partial charge in [-0.25, -0.2) is 0 Å². The lowest BCUT2D eigenvalue weighted by molar-refractivity contribution is -0.282. The van der Waals surface area contributed by atoms with E-state index in [9.17, 15) is 15.3 Å². The molecule has 186 valence electrons. The molecule has 4 saturated carbocycles. The maximum Gasteiger partial charge on any atom is 0.171 e.